The molecule has 1 aromatic heterocycles. The van der Waals surface area contributed by atoms with Crippen molar-refractivity contribution < 1.29 is 4.39 Å². The van der Waals surface area contributed by atoms with Crippen LogP contribution in [0.3, 0.4) is 0 Å². The molecule has 2 nitrogen and oxygen atoms in total. The molecule has 0 amide bonds. The van der Waals surface area contributed by atoms with Crippen molar-refractivity contribution in [1.82, 2.24) is 4.98 Å². The number of aryl methyl sites for hydroxylation is 1. The predicted molar refractivity (Wildman–Crippen MR) is 67.8 cm³/mol. The van der Waals surface area contributed by atoms with Gasteiger partial charge in [-0.15, -0.1) is 11.3 Å². The Labute approximate surface area is 105 Å². The number of hydrogen-bond acceptors (Lipinski definition) is 3. The third kappa shape index (κ3) is 2.03. The topological polar surface area (TPSA) is 38.9 Å². The molecule has 0 aliphatic carbocycles. The Balaban J connectivity index is 2.58. The molecule has 2 rings (SSSR count). The zero-order valence-corrected chi connectivity index (χ0v) is 11.0. The molecule has 2 aromatic rings. The van der Waals surface area contributed by atoms with Crippen LogP contribution >= 0.6 is 27.3 Å². The summed E-state index contributed by atoms with van der Waals surface area (Å²) in [5.74, 6) is -0.272. The fourth-order valence-electron chi connectivity index (χ4n) is 1.43. The Bertz CT molecular complexity index is 504. The number of hydrogen-bond donors (Lipinski definition) is 1. The van der Waals surface area contributed by atoms with Crippen LogP contribution in [0, 0.1) is 12.7 Å². The van der Waals surface area contributed by atoms with Gasteiger partial charge < -0.3 is 5.73 Å². The third-order valence-corrected chi connectivity index (χ3v) is 4.11. The van der Waals surface area contributed by atoms with Crippen LogP contribution in [0.15, 0.2) is 22.7 Å². The fraction of sp³-hybridized carbons (Fsp3) is 0.182. The standard InChI is InChI=1S/C11H10BrFN2S/c1-6-9(5-14)16-11(15-6)10-7(12)3-2-4-8(10)13/h2-4H,5,14H2,1H3. The van der Waals surface area contributed by atoms with Crippen molar-refractivity contribution in [1.29, 1.82) is 0 Å². The van der Waals surface area contributed by atoms with Crippen molar-refractivity contribution in [3.63, 3.8) is 0 Å². The first-order chi connectivity index (χ1) is 7.63. The Morgan fingerprint density at radius 2 is 2.25 bits per heavy atom. The number of halogens is 2. The van der Waals surface area contributed by atoms with Crippen molar-refractivity contribution in [3.05, 3.63) is 39.1 Å². The van der Waals surface area contributed by atoms with E-state index in [4.69, 9.17) is 5.73 Å². The minimum atomic E-state index is -0.272. The Kier molecular flexibility index (Phi) is 3.37. The van der Waals surface area contributed by atoms with E-state index in [0.29, 0.717) is 21.6 Å². The van der Waals surface area contributed by atoms with Crippen LogP contribution in [-0.4, -0.2) is 4.98 Å². The molecule has 0 saturated carbocycles. The van der Waals surface area contributed by atoms with E-state index in [2.05, 4.69) is 20.9 Å². The van der Waals surface area contributed by atoms with Gasteiger partial charge in [0, 0.05) is 15.9 Å². The number of rotatable bonds is 2. The zero-order chi connectivity index (χ0) is 11.7. The minimum Gasteiger partial charge on any atom is -0.326 e. The average Bonchev–Trinajstić information content (AvgIpc) is 2.59. The number of benzene rings is 1. The highest BCUT2D eigenvalue weighted by Gasteiger charge is 2.14. The minimum absolute atomic E-state index is 0.272. The highest BCUT2D eigenvalue weighted by Crippen LogP contribution is 2.34. The molecule has 1 aromatic carbocycles. The molecule has 0 radical (unpaired) electrons. The van der Waals surface area contributed by atoms with E-state index in [9.17, 15) is 4.39 Å². The van der Waals surface area contributed by atoms with Crippen molar-refractivity contribution in [3.8, 4) is 10.6 Å². The summed E-state index contributed by atoms with van der Waals surface area (Å²) >= 11 is 4.77. The molecule has 0 aliphatic rings. The second-order valence-corrected chi connectivity index (χ2v) is 5.27. The molecule has 0 fully saturated rings. The lowest BCUT2D eigenvalue weighted by Gasteiger charge is -2.01. The van der Waals surface area contributed by atoms with Gasteiger partial charge in [0.15, 0.2) is 0 Å². The highest BCUT2D eigenvalue weighted by atomic mass is 79.9. The predicted octanol–water partition coefficient (Wildman–Crippen LogP) is 3.48. The molecule has 0 bridgehead atoms. The van der Waals surface area contributed by atoms with Crippen molar-refractivity contribution in [2.45, 2.75) is 13.5 Å². The maximum absolute atomic E-state index is 13.7. The lowest BCUT2D eigenvalue weighted by molar-refractivity contribution is 0.630. The smallest absolute Gasteiger partial charge is 0.134 e. The highest BCUT2D eigenvalue weighted by molar-refractivity contribution is 9.10. The van der Waals surface area contributed by atoms with Crippen LogP contribution in [0.1, 0.15) is 10.6 Å². The van der Waals surface area contributed by atoms with E-state index >= 15 is 0 Å². The van der Waals surface area contributed by atoms with Crippen LogP contribution < -0.4 is 5.73 Å². The zero-order valence-electron chi connectivity index (χ0n) is 8.63. The lowest BCUT2D eigenvalue weighted by atomic mass is 10.2. The van der Waals surface area contributed by atoms with Gasteiger partial charge in [-0.25, -0.2) is 9.37 Å². The lowest BCUT2D eigenvalue weighted by Crippen LogP contribution is -1.94. The maximum atomic E-state index is 13.7. The summed E-state index contributed by atoms with van der Waals surface area (Å²) in [4.78, 5) is 5.33. The van der Waals surface area contributed by atoms with Gasteiger partial charge in [0.25, 0.3) is 0 Å². The van der Waals surface area contributed by atoms with Gasteiger partial charge in [-0.1, -0.05) is 6.07 Å². The van der Waals surface area contributed by atoms with E-state index in [1.807, 2.05) is 6.92 Å². The number of aromatic nitrogens is 1. The number of nitrogens with two attached hydrogens (primary N) is 1. The van der Waals surface area contributed by atoms with Crippen LogP contribution in [0.2, 0.25) is 0 Å². The van der Waals surface area contributed by atoms with E-state index < -0.39 is 0 Å². The van der Waals surface area contributed by atoms with Gasteiger partial charge in [0.05, 0.1) is 11.3 Å². The van der Waals surface area contributed by atoms with Gasteiger partial charge in [-0.05, 0) is 35.0 Å². The molecule has 1 heterocycles. The SMILES string of the molecule is Cc1nc(-c2c(F)cccc2Br)sc1CN. The summed E-state index contributed by atoms with van der Waals surface area (Å²) in [6, 6.07) is 4.89. The van der Waals surface area contributed by atoms with Gasteiger partial charge in [0.2, 0.25) is 0 Å². The molecule has 5 heteroatoms. The third-order valence-electron chi connectivity index (χ3n) is 2.25. The second-order valence-electron chi connectivity index (χ2n) is 3.33. The van der Waals surface area contributed by atoms with Crippen LogP contribution in [0.5, 0.6) is 0 Å². The van der Waals surface area contributed by atoms with Gasteiger partial charge in [0.1, 0.15) is 10.8 Å². The van der Waals surface area contributed by atoms with Crippen molar-refractivity contribution in [2.75, 3.05) is 0 Å². The van der Waals surface area contributed by atoms with Gasteiger partial charge >= 0.3 is 0 Å². The normalized spacial score (nSPS) is 10.8. The molecule has 16 heavy (non-hydrogen) atoms. The first-order valence-corrected chi connectivity index (χ1v) is 6.35. The summed E-state index contributed by atoms with van der Waals surface area (Å²) in [6.45, 7) is 2.33. The maximum Gasteiger partial charge on any atom is 0.134 e. The summed E-state index contributed by atoms with van der Waals surface area (Å²) in [5, 5.41) is 0.669. The van der Waals surface area contributed by atoms with Crippen molar-refractivity contribution in [2.24, 2.45) is 5.73 Å². The monoisotopic (exact) mass is 300 g/mol. The summed E-state index contributed by atoms with van der Waals surface area (Å²) in [6.07, 6.45) is 0. The quantitative estimate of drug-likeness (QED) is 0.922. The first kappa shape index (κ1) is 11.7. The van der Waals surface area contributed by atoms with Crippen LogP contribution in [0.4, 0.5) is 4.39 Å². The van der Waals surface area contributed by atoms with E-state index in [1.54, 1.807) is 12.1 Å². The Hall–Kier alpha value is -0.780. The molecular weight excluding hydrogens is 291 g/mol. The van der Waals surface area contributed by atoms with Crippen LogP contribution in [-0.2, 0) is 6.54 Å². The summed E-state index contributed by atoms with van der Waals surface area (Å²) in [7, 11) is 0. The molecule has 0 saturated heterocycles. The van der Waals surface area contributed by atoms with Gasteiger partial charge in [-0.3, -0.25) is 0 Å². The average molecular weight is 301 g/mol. The Morgan fingerprint density at radius 1 is 1.50 bits per heavy atom. The first-order valence-electron chi connectivity index (χ1n) is 4.74. The Morgan fingerprint density at radius 3 is 2.81 bits per heavy atom. The van der Waals surface area contributed by atoms with E-state index in [-0.39, 0.29) is 5.82 Å². The largest absolute Gasteiger partial charge is 0.326 e. The molecule has 0 unspecified atom stereocenters. The molecule has 0 aliphatic heterocycles. The van der Waals surface area contributed by atoms with E-state index in [0.717, 1.165) is 10.6 Å². The molecular formula is C11H10BrFN2S. The van der Waals surface area contributed by atoms with Gasteiger partial charge in [-0.2, -0.15) is 0 Å². The molecule has 84 valence electrons. The molecule has 2 N–H and O–H groups in total. The van der Waals surface area contributed by atoms with Crippen LogP contribution in [0.25, 0.3) is 10.6 Å². The molecule has 0 spiro atoms. The molecule has 0 atom stereocenters. The van der Waals surface area contributed by atoms with E-state index in [1.165, 1.54) is 17.4 Å². The summed E-state index contributed by atoms with van der Waals surface area (Å²) in [5.41, 5.74) is 6.97. The number of nitrogens with zero attached hydrogens (tertiary/aromatic N) is 1. The summed E-state index contributed by atoms with van der Waals surface area (Å²) < 4.78 is 14.4. The second kappa shape index (κ2) is 4.61. The number of thiazole rings is 1. The van der Waals surface area contributed by atoms with Crippen molar-refractivity contribution >= 4 is 27.3 Å². The fourth-order valence-corrected chi connectivity index (χ4v) is 3.09.